The number of amides is 1. The molecule has 2 aromatic carbocycles. The van der Waals surface area contributed by atoms with E-state index in [9.17, 15) is 4.79 Å². The number of halogens is 3. The van der Waals surface area contributed by atoms with Gasteiger partial charge in [-0.3, -0.25) is 4.79 Å². The molecule has 8 heteroatoms. The molecule has 0 saturated carbocycles. The second-order valence-corrected chi connectivity index (χ2v) is 6.77. The van der Waals surface area contributed by atoms with E-state index < -0.39 is 0 Å². The fraction of sp³-hybridized carbons (Fsp3) is 0.133. The van der Waals surface area contributed by atoms with Gasteiger partial charge < -0.3 is 19.5 Å². The average molecular weight is 464 g/mol. The van der Waals surface area contributed by atoms with Crippen LogP contribution in [0.2, 0.25) is 5.02 Å². The van der Waals surface area contributed by atoms with Gasteiger partial charge in [0.15, 0.2) is 18.1 Å². The summed E-state index contributed by atoms with van der Waals surface area (Å²) in [6.45, 7) is -0.00519. The van der Waals surface area contributed by atoms with Crippen molar-refractivity contribution in [3.05, 3.63) is 44.3 Å². The van der Waals surface area contributed by atoms with Gasteiger partial charge in [-0.2, -0.15) is 0 Å². The molecule has 1 heterocycles. The highest BCUT2D eigenvalue weighted by molar-refractivity contribution is 9.11. The highest BCUT2D eigenvalue weighted by Crippen LogP contribution is 2.39. The first-order valence-electron chi connectivity index (χ1n) is 6.50. The molecule has 5 nitrogen and oxygen atoms in total. The molecule has 120 valence electrons. The number of nitrogens with one attached hydrogen (secondary N) is 1. The van der Waals surface area contributed by atoms with Gasteiger partial charge in [0.05, 0.1) is 15.2 Å². The first-order chi connectivity index (χ1) is 11.0. The molecular weight excluding hydrogens is 453 g/mol. The Bertz CT molecular complexity index is 769. The van der Waals surface area contributed by atoms with Crippen LogP contribution in [0.15, 0.2) is 39.3 Å². The first kappa shape index (κ1) is 16.4. The minimum atomic E-state index is -0.333. The van der Waals surface area contributed by atoms with Gasteiger partial charge >= 0.3 is 0 Å². The minimum Gasteiger partial charge on any atom is -0.483 e. The maximum absolute atomic E-state index is 12.0. The summed E-state index contributed by atoms with van der Waals surface area (Å²) in [4.78, 5) is 12.0. The maximum atomic E-state index is 12.0. The van der Waals surface area contributed by atoms with E-state index >= 15 is 0 Å². The molecule has 0 spiro atoms. The molecule has 0 aliphatic carbocycles. The molecule has 0 radical (unpaired) electrons. The van der Waals surface area contributed by atoms with Crippen LogP contribution in [0, 0.1) is 0 Å². The van der Waals surface area contributed by atoms with Crippen molar-refractivity contribution in [3.63, 3.8) is 0 Å². The SMILES string of the molecule is O=C(COc1ccc(Br)cc1Br)Nc1cc2c(cc1Cl)OCO2. The normalized spacial score (nSPS) is 12.1. The van der Waals surface area contributed by atoms with Crippen molar-refractivity contribution in [3.8, 4) is 17.2 Å². The number of anilines is 1. The molecule has 1 aliphatic heterocycles. The van der Waals surface area contributed by atoms with Crippen molar-refractivity contribution in [2.24, 2.45) is 0 Å². The Morgan fingerprint density at radius 2 is 1.96 bits per heavy atom. The third-order valence-corrected chi connectivity index (χ3v) is 4.41. The number of carbonyl (C=O) groups excluding carboxylic acids is 1. The molecule has 0 aromatic heterocycles. The van der Waals surface area contributed by atoms with Crippen molar-refractivity contribution in [2.75, 3.05) is 18.7 Å². The minimum absolute atomic E-state index is 0.143. The highest BCUT2D eigenvalue weighted by Gasteiger charge is 2.18. The Morgan fingerprint density at radius 1 is 1.22 bits per heavy atom. The third-order valence-electron chi connectivity index (χ3n) is 2.99. The van der Waals surface area contributed by atoms with Crippen LogP contribution in [0.3, 0.4) is 0 Å². The van der Waals surface area contributed by atoms with Crippen LogP contribution in [0.5, 0.6) is 17.2 Å². The summed E-state index contributed by atoms with van der Waals surface area (Å²) in [5.41, 5.74) is 0.444. The molecular formula is C15H10Br2ClNO4. The van der Waals surface area contributed by atoms with Crippen molar-refractivity contribution in [2.45, 2.75) is 0 Å². The lowest BCUT2D eigenvalue weighted by Gasteiger charge is -2.10. The van der Waals surface area contributed by atoms with E-state index in [4.69, 9.17) is 25.8 Å². The van der Waals surface area contributed by atoms with Gasteiger partial charge in [0.2, 0.25) is 6.79 Å². The largest absolute Gasteiger partial charge is 0.483 e. The molecule has 1 aliphatic rings. The van der Waals surface area contributed by atoms with Crippen LogP contribution in [0.1, 0.15) is 0 Å². The summed E-state index contributed by atoms with van der Waals surface area (Å²) in [6, 6.07) is 8.65. The molecule has 0 unspecified atom stereocenters. The summed E-state index contributed by atoms with van der Waals surface area (Å²) < 4.78 is 17.6. The van der Waals surface area contributed by atoms with Gasteiger partial charge in [0.25, 0.3) is 5.91 Å². The summed E-state index contributed by atoms with van der Waals surface area (Å²) in [7, 11) is 0. The molecule has 0 saturated heterocycles. The Labute approximate surface area is 154 Å². The molecule has 0 bridgehead atoms. The van der Waals surface area contributed by atoms with Crippen LogP contribution >= 0.6 is 43.5 Å². The summed E-state index contributed by atoms with van der Waals surface area (Å²) in [5, 5.41) is 3.05. The highest BCUT2D eigenvalue weighted by atomic mass is 79.9. The molecule has 1 N–H and O–H groups in total. The standard InChI is InChI=1S/C15H10Br2ClNO4/c16-8-1-2-12(9(17)3-8)21-6-15(20)19-11-5-14-13(4-10(11)18)22-7-23-14/h1-5H,6-7H2,(H,19,20). The van der Waals surface area contributed by atoms with Gasteiger partial charge in [-0.15, -0.1) is 0 Å². The Morgan fingerprint density at radius 3 is 2.70 bits per heavy atom. The van der Waals surface area contributed by atoms with Crippen LogP contribution in [-0.4, -0.2) is 19.3 Å². The summed E-state index contributed by atoms with van der Waals surface area (Å²) in [5.74, 6) is 1.34. The van der Waals surface area contributed by atoms with Gasteiger partial charge in [0.1, 0.15) is 5.75 Å². The lowest BCUT2D eigenvalue weighted by molar-refractivity contribution is -0.118. The van der Waals surface area contributed by atoms with Crippen molar-refractivity contribution >= 4 is 55.1 Å². The first-order valence-corrected chi connectivity index (χ1v) is 8.46. The predicted molar refractivity (Wildman–Crippen MR) is 93.5 cm³/mol. The van der Waals surface area contributed by atoms with E-state index in [0.29, 0.717) is 28.0 Å². The number of carbonyl (C=O) groups is 1. The van der Waals surface area contributed by atoms with Crippen LogP contribution in [0.4, 0.5) is 5.69 Å². The summed E-state index contributed by atoms with van der Waals surface area (Å²) >= 11 is 12.8. The lowest BCUT2D eigenvalue weighted by atomic mass is 10.2. The monoisotopic (exact) mass is 461 g/mol. The van der Waals surface area contributed by atoms with Crippen LogP contribution < -0.4 is 19.5 Å². The van der Waals surface area contributed by atoms with E-state index in [-0.39, 0.29) is 19.3 Å². The molecule has 0 atom stereocenters. The van der Waals surface area contributed by atoms with Gasteiger partial charge in [0, 0.05) is 16.6 Å². The lowest BCUT2D eigenvalue weighted by Crippen LogP contribution is -2.20. The van der Waals surface area contributed by atoms with Crippen molar-refractivity contribution in [1.82, 2.24) is 0 Å². The third kappa shape index (κ3) is 3.91. The smallest absolute Gasteiger partial charge is 0.262 e. The van der Waals surface area contributed by atoms with E-state index in [1.54, 1.807) is 18.2 Å². The number of hydrogen-bond acceptors (Lipinski definition) is 4. The number of benzene rings is 2. The topological polar surface area (TPSA) is 56.8 Å². The fourth-order valence-electron chi connectivity index (χ4n) is 1.93. The van der Waals surface area contributed by atoms with Gasteiger partial charge in [-0.05, 0) is 34.1 Å². The van der Waals surface area contributed by atoms with E-state index in [1.807, 2.05) is 12.1 Å². The van der Waals surface area contributed by atoms with Gasteiger partial charge in [-0.1, -0.05) is 27.5 Å². The molecule has 3 rings (SSSR count). The number of ether oxygens (including phenoxy) is 3. The van der Waals surface area contributed by atoms with E-state index in [2.05, 4.69) is 37.2 Å². The molecule has 2 aromatic rings. The van der Waals surface area contributed by atoms with Crippen LogP contribution in [0.25, 0.3) is 0 Å². The molecule has 23 heavy (non-hydrogen) atoms. The van der Waals surface area contributed by atoms with E-state index in [1.165, 1.54) is 0 Å². The molecule has 0 fully saturated rings. The van der Waals surface area contributed by atoms with E-state index in [0.717, 1.165) is 8.95 Å². The van der Waals surface area contributed by atoms with Gasteiger partial charge in [-0.25, -0.2) is 0 Å². The molecule has 1 amide bonds. The van der Waals surface area contributed by atoms with Crippen molar-refractivity contribution < 1.29 is 19.0 Å². The predicted octanol–water partition coefficient (Wildman–Crippen LogP) is 4.61. The quantitative estimate of drug-likeness (QED) is 0.720. The number of hydrogen-bond donors (Lipinski definition) is 1. The maximum Gasteiger partial charge on any atom is 0.262 e. The number of fused-ring (bicyclic) bond motifs is 1. The average Bonchev–Trinajstić information content (AvgIpc) is 2.93. The second-order valence-electron chi connectivity index (χ2n) is 4.60. The zero-order valence-corrected chi connectivity index (χ0v) is 15.5. The Hall–Kier alpha value is -1.44. The van der Waals surface area contributed by atoms with Crippen molar-refractivity contribution in [1.29, 1.82) is 0 Å². The zero-order valence-electron chi connectivity index (χ0n) is 11.6. The Balaban J connectivity index is 1.63. The zero-order chi connectivity index (χ0) is 16.4. The second kappa shape index (κ2) is 6.98. The van der Waals surface area contributed by atoms with Crippen LogP contribution in [-0.2, 0) is 4.79 Å². The Kier molecular flexibility index (Phi) is 4.99. The number of rotatable bonds is 4. The summed E-state index contributed by atoms with van der Waals surface area (Å²) in [6.07, 6.45) is 0. The fourth-order valence-corrected chi connectivity index (χ4v) is 3.30.